The molecule has 4 rings (SSSR count). The van der Waals surface area contributed by atoms with Gasteiger partial charge in [-0.2, -0.15) is 5.10 Å². The van der Waals surface area contributed by atoms with Crippen molar-refractivity contribution in [1.82, 2.24) is 14.8 Å². The summed E-state index contributed by atoms with van der Waals surface area (Å²) in [4.78, 5) is 17.6. The van der Waals surface area contributed by atoms with Crippen LogP contribution in [0.25, 0.3) is 21.9 Å². The second kappa shape index (κ2) is 7.19. The number of aryl methyl sites for hydroxylation is 1. The third-order valence-electron chi connectivity index (χ3n) is 4.57. The van der Waals surface area contributed by atoms with Crippen LogP contribution in [0.5, 0.6) is 11.5 Å². The Bertz CT molecular complexity index is 1160. The number of aromatic nitrogens is 3. The summed E-state index contributed by atoms with van der Waals surface area (Å²) in [5.74, 6) is 1.26. The van der Waals surface area contributed by atoms with E-state index in [0.29, 0.717) is 29.4 Å². The van der Waals surface area contributed by atoms with Crippen LogP contribution in [0.15, 0.2) is 48.5 Å². The van der Waals surface area contributed by atoms with Crippen molar-refractivity contribution >= 4 is 33.7 Å². The molecule has 0 atom stereocenters. The minimum atomic E-state index is -0.298. The number of pyridine rings is 1. The summed E-state index contributed by atoms with van der Waals surface area (Å²) in [5, 5.41) is 9.23. The number of para-hydroxylation sites is 1. The molecule has 142 valence electrons. The van der Waals surface area contributed by atoms with Gasteiger partial charge in [-0.05, 0) is 31.2 Å². The van der Waals surface area contributed by atoms with Gasteiger partial charge < -0.3 is 14.8 Å². The lowest BCUT2D eigenvalue weighted by atomic mass is 10.1. The van der Waals surface area contributed by atoms with E-state index in [2.05, 4.69) is 10.4 Å². The van der Waals surface area contributed by atoms with E-state index in [1.807, 2.05) is 37.3 Å². The molecule has 0 saturated carbocycles. The highest BCUT2D eigenvalue weighted by Crippen LogP contribution is 2.27. The highest BCUT2D eigenvalue weighted by molar-refractivity contribution is 6.09. The number of amides is 1. The van der Waals surface area contributed by atoms with E-state index in [1.54, 1.807) is 37.1 Å². The minimum Gasteiger partial charge on any atom is -0.497 e. The summed E-state index contributed by atoms with van der Waals surface area (Å²) in [6, 6.07) is 14.9. The van der Waals surface area contributed by atoms with Gasteiger partial charge in [0.2, 0.25) is 0 Å². The van der Waals surface area contributed by atoms with Gasteiger partial charge in [0, 0.05) is 23.6 Å². The number of fused-ring (bicyclic) bond motifs is 2. The standard InChI is InChI=1S/C21H20N4O3/c1-4-25-20-17(11-13-7-5-6-8-18(13)22-20)19(24-25)23-21(26)14-9-15(27-2)12-16(10-14)28-3/h5-12H,4H2,1-3H3,(H,23,24,26). The molecule has 2 heterocycles. The van der Waals surface area contributed by atoms with Crippen LogP contribution in [0.2, 0.25) is 0 Å². The average Bonchev–Trinajstić information content (AvgIpc) is 3.08. The SMILES string of the molecule is CCn1nc(NC(=O)c2cc(OC)cc(OC)c2)c2cc3ccccc3nc21. The van der Waals surface area contributed by atoms with E-state index < -0.39 is 0 Å². The zero-order chi connectivity index (χ0) is 19.7. The molecule has 1 amide bonds. The van der Waals surface area contributed by atoms with Crippen LogP contribution >= 0.6 is 0 Å². The van der Waals surface area contributed by atoms with Gasteiger partial charge in [0.1, 0.15) is 11.5 Å². The van der Waals surface area contributed by atoms with E-state index >= 15 is 0 Å². The number of hydrogen-bond acceptors (Lipinski definition) is 5. The Hall–Kier alpha value is -3.61. The summed E-state index contributed by atoms with van der Waals surface area (Å²) < 4.78 is 12.3. The lowest BCUT2D eigenvalue weighted by molar-refractivity contribution is 0.102. The van der Waals surface area contributed by atoms with Crippen molar-refractivity contribution < 1.29 is 14.3 Å². The van der Waals surface area contributed by atoms with Crippen molar-refractivity contribution in [2.45, 2.75) is 13.5 Å². The summed E-state index contributed by atoms with van der Waals surface area (Å²) in [5.41, 5.74) is 2.05. The largest absolute Gasteiger partial charge is 0.497 e. The van der Waals surface area contributed by atoms with Gasteiger partial charge in [0.25, 0.3) is 5.91 Å². The highest BCUT2D eigenvalue weighted by Gasteiger charge is 2.17. The Morgan fingerprint density at radius 2 is 1.79 bits per heavy atom. The Morgan fingerprint density at radius 3 is 2.46 bits per heavy atom. The van der Waals surface area contributed by atoms with Crippen LogP contribution in [-0.4, -0.2) is 34.9 Å². The van der Waals surface area contributed by atoms with E-state index in [-0.39, 0.29) is 5.91 Å². The van der Waals surface area contributed by atoms with Gasteiger partial charge in [0.15, 0.2) is 11.5 Å². The van der Waals surface area contributed by atoms with Crippen LogP contribution in [0.4, 0.5) is 5.82 Å². The van der Waals surface area contributed by atoms with E-state index in [0.717, 1.165) is 21.9 Å². The number of ether oxygens (including phenoxy) is 2. The molecule has 2 aromatic carbocycles. The molecule has 4 aromatic rings. The molecule has 1 N–H and O–H groups in total. The van der Waals surface area contributed by atoms with E-state index in [4.69, 9.17) is 14.5 Å². The Balaban J connectivity index is 1.77. The molecule has 0 bridgehead atoms. The number of benzene rings is 2. The minimum absolute atomic E-state index is 0.298. The molecule has 0 fully saturated rings. The maximum atomic E-state index is 12.9. The molecule has 7 nitrogen and oxygen atoms in total. The molecule has 0 aliphatic rings. The van der Waals surface area contributed by atoms with Gasteiger partial charge in [-0.25, -0.2) is 9.67 Å². The summed E-state index contributed by atoms with van der Waals surface area (Å²) in [6.07, 6.45) is 0. The van der Waals surface area contributed by atoms with Crippen LogP contribution in [-0.2, 0) is 6.54 Å². The average molecular weight is 376 g/mol. The number of nitrogens with zero attached hydrogens (tertiary/aromatic N) is 3. The Morgan fingerprint density at radius 1 is 1.07 bits per heavy atom. The molecular weight excluding hydrogens is 356 g/mol. The maximum absolute atomic E-state index is 12.9. The van der Waals surface area contributed by atoms with Crippen molar-refractivity contribution in [2.24, 2.45) is 0 Å². The quantitative estimate of drug-likeness (QED) is 0.572. The fraction of sp³-hybridized carbons (Fsp3) is 0.190. The Labute approximate surface area is 161 Å². The lowest BCUT2D eigenvalue weighted by Crippen LogP contribution is -2.13. The molecule has 0 aliphatic carbocycles. The topological polar surface area (TPSA) is 78.3 Å². The van der Waals surface area contributed by atoms with E-state index in [1.165, 1.54) is 0 Å². The normalized spacial score (nSPS) is 11.0. The molecule has 0 spiro atoms. The van der Waals surface area contributed by atoms with E-state index in [9.17, 15) is 4.79 Å². The van der Waals surface area contributed by atoms with Gasteiger partial charge in [-0.3, -0.25) is 4.79 Å². The third kappa shape index (κ3) is 3.11. The zero-order valence-corrected chi connectivity index (χ0v) is 15.9. The molecule has 0 aliphatic heterocycles. The van der Waals surface area contributed by atoms with Crippen molar-refractivity contribution in [3.05, 3.63) is 54.1 Å². The number of carbonyl (C=O) groups is 1. The summed E-state index contributed by atoms with van der Waals surface area (Å²) >= 11 is 0. The number of anilines is 1. The van der Waals surface area contributed by atoms with Crippen molar-refractivity contribution in [1.29, 1.82) is 0 Å². The van der Waals surface area contributed by atoms with Crippen molar-refractivity contribution in [3.63, 3.8) is 0 Å². The maximum Gasteiger partial charge on any atom is 0.257 e. The number of nitrogens with one attached hydrogen (secondary N) is 1. The smallest absolute Gasteiger partial charge is 0.257 e. The second-order valence-corrected chi connectivity index (χ2v) is 6.27. The summed E-state index contributed by atoms with van der Waals surface area (Å²) in [6.45, 7) is 2.63. The monoisotopic (exact) mass is 376 g/mol. The van der Waals surface area contributed by atoms with Crippen molar-refractivity contribution in [2.75, 3.05) is 19.5 Å². The highest BCUT2D eigenvalue weighted by atomic mass is 16.5. The first-order chi connectivity index (χ1) is 13.6. The predicted octanol–water partition coefficient (Wildman–Crippen LogP) is 3.87. The van der Waals surface area contributed by atoms with Gasteiger partial charge in [-0.15, -0.1) is 0 Å². The predicted molar refractivity (Wildman–Crippen MR) is 108 cm³/mol. The molecule has 7 heteroatoms. The third-order valence-corrected chi connectivity index (χ3v) is 4.57. The van der Waals surface area contributed by atoms with Gasteiger partial charge >= 0.3 is 0 Å². The number of carbonyl (C=O) groups excluding carboxylic acids is 1. The van der Waals surface area contributed by atoms with Gasteiger partial charge in [0.05, 0.1) is 25.1 Å². The number of methoxy groups -OCH3 is 2. The molecular formula is C21H20N4O3. The first kappa shape index (κ1) is 17.8. The first-order valence-electron chi connectivity index (χ1n) is 8.93. The molecule has 2 aromatic heterocycles. The van der Waals surface area contributed by atoms with Crippen LogP contribution in [0.1, 0.15) is 17.3 Å². The fourth-order valence-corrected chi connectivity index (χ4v) is 3.13. The number of hydrogen-bond donors (Lipinski definition) is 1. The van der Waals surface area contributed by atoms with Crippen LogP contribution < -0.4 is 14.8 Å². The van der Waals surface area contributed by atoms with Crippen molar-refractivity contribution in [3.8, 4) is 11.5 Å². The van der Waals surface area contributed by atoms with Crippen LogP contribution in [0.3, 0.4) is 0 Å². The molecule has 0 radical (unpaired) electrons. The molecule has 0 saturated heterocycles. The van der Waals surface area contributed by atoms with Gasteiger partial charge in [-0.1, -0.05) is 18.2 Å². The zero-order valence-electron chi connectivity index (χ0n) is 15.9. The second-order valence-electron chi connectivity index (χ2n) is 6.27. The Kier molecular flexibility index (Phi) is 4.57. The number of rotatable bonds is 5. The first-order valence-corrected chi connectivity index (χ1v) is 8.93. The van der Waals surface area contributed by atoms with Crippen LogP contribution in [0, 0.1) is 0 Å². The summed E-state index contributed by atoms with van der Waals surface area (Å²) in [7, 11) is 3.09. The lowest BCUT2D eigenvalue weighted by Gasteiger charge is -2.08. The molecule has 28 heavy (non-hydrogen) atoms. The molecule has 0 unspecified atom stereocenters. The fourth-order valence-electron chi connectivity index (χ4n) is 3.13.